The molecule has 0 fully saturated rings. The normalized spacial score (nSPS) is 10.8. The topological polar surface area (TPSA) is 65.1 Å². The van der Waals surface area contributed by atoms with E-state index in [9.17, 15) is 14.9 Å². The van der Waals surface area contributed by atoms with Crippen LogP contribution in [0.4, 0.5) is 5.69 Å². The van der Waals surface area contributed by atoms with Gasteiger partial charge in [-0.2, -0.15) is 0 Å². The number of non-ortho nitro benzene ring substituents is 1. The summed E-state index contributed by atoms with van der Waals surface area (Å²) in [5.41, 5.74) is 1.50. The quantitative estimate of drug-likeness (QED) is 0.410. The van der Waals surface area contributed by atoms with E-state index in [1.807, 2.05) is 24.3 Å². The predicted octanol–water partition coefficient (Wildman–Crippen LogP) is 2.26. The molecule has 0 radical (unpaired) electrons. The van der Waals surface area contributed by atoms with E-state index in [1.165, 1.54) is 12.1 Å². The summed E-state index contributed by atoms with van der Waals surface area (Å²) < 4.78 is 2.76. The van der Waals surface area contributed by atoms with Crippen LogP contribution in [0, 0.1) is 17.0 Å². The molecule has 0 aliphatic rings. The zero-order valence-electron chi connectivity index (χ0n) is 10.6. The Labute approximate surface area is 120 Å². The number of nitrogens with zero attached hydrogens (tertiary/aromatic N) is 2. The second kappa shape index (κ2) is 4.74. The van der Waals surface area contributed by atoms with Crippen molar-refractivity contribution >= 4 is 30.1 Å². The molecular formula is C14H10N2O3Se. The Kier molecular flexibility index (Phi) is 3.04. The van der Waals surface area contributed by atoms with E-state index in [1.54, 1.807) is 16.6 Å². The zero-order chi connectivity index (χ0) is 14.3. The van der Waals surface area contributed by atoms with Gasteiger partial charge in [0.05, 0.1) is 0 Å². The zero-order valence-corrected chi connectivity index (χ0v) is 12.3. The van der Waals surface area contributed by atoms with Gasteiger partial charge < -0.3 is 0 Å². The molecule has 1 aromatic heterocycles. The Hall–Kier alpha value is -2.17. The third-order valence-electron chi connectivity index (χ3n) is 3.10. The van der Waals surface area contributed by atoms with Gasteiger partial charge in [0.15, 0.2) is 0 Å². The van der Waals surface area contributed by atoms with Crippen LogP contribution in [0.2, 0.25) is 0 Å². The van der Waals surface area contributed by atoms with Crippen LogP contribution in [-0.4, -0.2) is 23.2 Å². The first-order chi connectivity index (χ1) is 9.58. The number of nitro benzene ring substituents is 1. The third kappa shape index (κ3) is 1.99. The molecule has 5 nitrogen and oxygen atoms in total. The Morgan fingerprint density at radius 2 is 1.95 bits per heavy atom. The van der Waals surface area contributed by atoms with Gasteiger partial charge in [0.1, 0.15) is 0 Å². The summed E-state index contributed by atoms with van der Waals surface area (Å²) in [6.07, 6.45) is 0. The van der Waals surface area contributed by atoms with Gasteiger partial charge >= 0.3 is 120 Å². The molecule has 0 amide bonds. The molecule has 100 valence electrons. The van der Waals surface area contributed by atoms with Gasteiger partial charge in [0.2, 0.25) is 0 Å². The van der Waals surface area contributed by atoms with Crippen LogP contribution in [0.1, 0.15) is 5.56 Å². The first kappa shape index (κ1) is 12.8. The summed E-state index contributed by atoms with van der Waals surface area (Å²) in [5.74, 6) is 0. The Bertz CT molecular complexity index is 880. The standard InChI is InChI=1S/C14H10N2O3Se/c1-9-8-10(16(18)19)6-7-12(9)15-14(17)11-4-2-3-5-13(11)20-15/h2-8H,1H3. The first-order valence-corrected chi connectivity index (χ1v) is 7.56. The molecule has 0 saturated heterocycles. The van der Waals surface area contributed by atoms with E-state index in [2.05, 4.69) is 0 Å². The fourth-order valence-electron chi connectivity index (χ4n) is 2.11. The van der Waals surface area contributed by atoms with Gasteiger partial charge in [-0.1, -0.05) is 0 Å². The minimum absolute atomic E-state index is 0.0300. The van der Waals surface area contributed by atoms with Crippen molar-refractivity contribution in [2.45, 2.75) is 6.92 Å². The summed E-state index contributed by atoms with van der Waals surface area (Å²) in [7, 11) is 0. The number of benzene rings is 2. The molecule has 0 spiro atoms. The molecule has 0 bridgehead atoms. The van der Waals surface area contributed by atoms with Crippen molar-refractivity contribution in [3.8, 4) is 5.69 Å². The van der Waals surface area contributed by atoms with Crippen molar-refractivity contribution in [3.05, 3.63) is 68.5 Å². The Morgan fingerprint density at radius 1 is 1.20 bits per heavy atom. The van der Waals surface area contributed by atoms with Gasteiger partial charge in [-0.15, -0.1) is 0 Å². The van der Waals surface area contributed by atoms with Crippen LogP contribution >= 0.6 is 0 Å². The van der Waals surface area contributed by atoms with Gasteiger partial charge in [-0.25, -0.2) is 0 Å². The minimum atomic E-state index is -0.428. The van der Waals surface area contributed by atoms with E-state index in [0.717, 1.165) is 20.9 Å². The third-order valence-corrected chi connectivity index (χ3v) is 5.40. The second-order valence-electron chi connectivity index (χ2n) is 4.41. The number of aromatic nitrogens is 1. The second-order valence-corrected chi connectivity index (χ2v) is 6.49. The van der Waals surface area contributed by atoms with Crippen molar-refractivity contribution in [2.75, 3.05) is 0 Å². The molecule has 3 rings (SSSR count). The summed E-state index contributed by atoms with van der Waals surface area (Å²) in [5, 5.41) is 11.5. The van der Waals surface area contributed by atoms with Crippen LogP contribution in [0.5, 0.6) is 0 Å². The maximum absolute atomic E-state index is 12.4. The molecule has 2 aromatic carbocycles. The van der Waals surface area contributed by atoms with Crippen molar-refractivity contribution < 1.29 is 4.92 Å². The number of rotatable bonds is 2. The predicted molar refractivity (Wildman–Crippen MR) is 77.9 cm³/mol. The van der Waals surface area contributed by atoms with Crippen LogP contribution in [0.15, 0.2) is 47.3 Å². The van der Waals surface area contributed by atoms with Gasteiger partial charge in [-0.05, 0) is 0 Å². The number of hydrogen-bond donors (Lipinski definition) is 0. The first-order valence-electron chi connectivity index (χ1n) is 5.94. The molecule has 6 heteroatoms. The summed E-state index contributed by atoms with van der Waals surface area (Å²) >= 11 is -0.116. The molecule has 0 saturated carbocycles. The van der Waals surface area contributed by atoms with Gasteiger partial charge in [-0.3, -0.25) is 0 Å². The average molecular weight is 333 g/mol. The number of hydrogen-bond acceptors (Lipinski definition) is 3. The molecule has 20 heavy (non-hydrogen) atoms. The SMILES string of the molecule is Cc1cc([N+](=O)[O-])ccc1-n1[se]c2ccccc2c1=O. The maximum atomic E-state index is 12.4. The Morgan fingerprint density at radius 3 is 2.60 bits per heavy atom. The van der Waals surface area contributed by atoms with Gasteiger partial charge in [0.25, 0.3) is 0 Å². The van der Waals surface area contributed by atoms with E-state index in [-0.39, 0.29) is 26.0 Å². The molecule has 1 heterocycles. The van der Waals surface area contributed by atoms with Crippen molar-refractivity contribution in [2.24, 2.45) is 0 Å². The van der Waals surface area contributed by atoms with Gasteiger partial charge in [0, 0.05) is 0 Å². The summed E-state index contributed by atoms with van der Waals surface area (Å²) in [6, 6.07) is 12.1. The van der Waals surface area contributed by atoms with Crippen molar-refractivity contribution in [1.82, 2.24) is 3.56 Å². The van der Waals surface area contributed by atoms with Crippen LogP contribution in [-0.2, 0) is 0 Å². The molecule has 0 aliphatic carbocycles. The summed E-state index contributed by atoms with van der Waals surface area (Å²) in [4.78, 5) is 22.7. The van der Waals surface area contributed by atoms with Crippen LogP contribution in [0.3, 0.4) is 0 Å². The Balaban J connectivity index is 2.23. The number of fused-ring (bicyclic) bond motifs is 1. The average Bonchev–Trinajstić information content (AvgIpc) is 2.76. The van der Waals surface area contributed by atoms with Crippen molar-refractivity contribution in [1.29, 1.82) is 0 Å². The van der Waals surface area contributed by atoms with Crippen LogP contribution < -0.4 is 5.56 Å². The van der Waals surface area contributed by atoms with E-state index < -0.39 is 4.92 Å². The fraction of sp³-hybridized carbons (Fsp3) is 0.0714. The molecule has 0 unspecified atom stereocenters. The number of aryl methyl sites for hydroxylation is 1. The van der Waals surface area contributed by atoms with E-state index in [4.69, 9.17) is 0 Å². The molecule has 0 aliphatic heterocycles. The fourth-order valence-corrected chi connectivity index (χ4v) is 4.37. The number of nitro groups is 1. The monoisotopic (exact) mass is 334 g/mol. The van der Waals surface area contributed by atoms with Crippen molar-refractivity contribution in [3.63, 3.8) is 0 Å². The molecular weight excluding hydrogens is 323 g/mol. The molecule has 0 N–H and O–H groups in total. The van der Waals surface area contributed by atoms with E-state index in [0.29, 0.717) is 0 Å². The summed E-state index contributed by atoms with van der Waals surface area (Å²) in [6.45, 7) is 1.79. The van der Waals surface area contributed by atoms with Crippen LogP contribution in [0.25, 0.3) is 15.3 Å². The molecule has 3 aromatic rings. The van der Waals surface area contributed by atoms with E-state index >= 15 is 0 Å². The molecule has 0 atom stereocenters.